The highest BCUT2D eigenvalue weighted by molar-refractivity contribution is 7.52. The van der Waals surface area contributed by atoms with Gasteiger partial charge in [0.05, 0.1) is 24.6 Å². The van der Waals surface area contributed by atoms with Crippen molar-refractivity contribution in [3.8, 4) is 0 Å². The molecule has 2 aromatic heterocycles. The standard InChI is InChI=1S/C17H26N5O7P/c1-11(2)29-15(23)26-9-28-30(24,25)10-27-17(5-16(17,3)4)6-22-8-21-12-13(18)19-7-20-14(12)22/h7-8,11H,5-6,9-10H2,1-4H3,(H,24,25)(H2,18,19,20). The molecule has 3 rings (SSSR count). The summed E-state index contributed by atoms with van der Waals surface area (Å²) in [6.45, 7) is 6.90. The Balaban J connectivity index is 1.61. The number of carbonyl (C=O) groups excluding carboxylic acids is 1. The fourth-order valence-corrected chi connectivity index (χ4v) is 3.85. The van der Waals surface area contributed by atoms with E-state index in [1.807, 2.05) is 13.8 Å². The van der Waals surface area contributed by atoms with Gasteiger partial charge in [0, 0.05) is 0 Å². The summed E-state index contributed by atoms with van der Waals surface area (Å²) in [5.74, 6) is 0.271. The Kier molecular flexibility index (Phi) is 6.06. The van der Waals surface area contributed by atoms with Crippen molar-refractivity contribution >= 4 is 30.7 Å². The summed E-state index contributed by atoms with van der Waals surface area (Å²) in [6, 6.07) is 0. The third-order valence-corrected chi connectivity index (χ3v) is 5.92. The molecule has 30 heavy (non-hydrogen) atoms. The van der Waals surface area contributed by atoms with Crippen LogP contribution >= 0.6 is 7.60 Å². The van der Waals surface area contributed by atoms with Crippen molar-refractivity contribution in [2.45, 2.75) is 52.4 Å². The molecule has 2 heterocycles. The number of nitrogens with two attached hydrogens (primary N) is 1. The fraction of sp³-hybridized carbons (Fsp3) is 0.647. The summed E-state index contributed by atoms with van der Waals surface area (Å²) in [4.78, 5) is 33.7. The average molecular weight is 443 g/mol. The number of rotatable bonds is 9. The highest BCUT2D eigenvalue weighted by Crippen LogP contribution is 2.61. The Morgan fingerprint density at radius 3 is 2.70 bits per heavy atom. The number of carbonyl (C=O) groups is 1. The molecule has 3 N–H and O–H groups in total. The molecule has 13 heteroatoms. The van der Waals surface area contributed by atoms with Gasteiger partial charge in [-0.05, 0) is 25.7 Å². The lowest BCUT2D eigenvalue weighted by Gasteiger charge is -2.23. The zero-order valence-corrected chi connectivity index (χ0v) is 18.2. The van der Waals surface area contributed by atoms with Crippen molar-refractivity contribution in [2.24, 2.45) is 5.41 Å². The number of ether oxygens (including phenoxy) is 3. The fourth-order valence-electron chi connectivity index (χ4n) is 3.15. The molecular weight excluding hydrogens is 417 g/mol. The maximum atomic E-state index is 12.3. The van der Waals surface area contributed by atoms with Gasteiger partial charge in [0.25, 0.3) is 0 Å². The summed E-state index contributed by atoms with van der Waals surface area (Å²) in [7, 11) is -4.17. The summed E-state index contributed by atoms with van der Waals surface area (Å²) in [5.41, 5.74) is 5.88. The average Bonchev–Trinajstić information content (AvgIpc) is 2.94. The Bertz CT molecular complexity index is 979. The highest BCUT2D eigenvalue weighted by Gasteiger charge is 2.63. The zero-order valence-electron chi connectivity index (χ0n) is 17.3. The predicted octanol–water partition coefficient (Wildman–Crippen LogP) is 2.27. The maximum absolute atomic E-state index is 12.3. The third kappa shape index (κ3) is 4.89. The summed E-state index contributed by atoms with van der Waals surface area (Å²) in [5, 5.41) is 0. The number of fused-ring (bicyclic) bond motifs is 1. The second-order valence-corrected chi connectivity index (χ2v) is 9.87. The van der Waals surface area contributed by atoms with Gasteiger partial charge in [-0.2, -0.15) is 0 Å². The van der Waals surface area contributed by atoms with Crippen LogP contribution in [0.1, 0.15) is 34.1 Å². The molecule has 2 unspecified atom stereocenters. The van der Waals surface area contributed by atoms with Crippen molar-refractivity contribution in [3.63, 3.8) is 0 Å². The van der Waals surface area contributed by atoms with Crippen LogP contribution < -0.4 is 5.73 Å². The van der Waals surface area contributed by atoms with E-state index >= 15 is 0 Å². The lowest BCUT2D eigenvalue weighted by atomic mass is 10.1. The van der Waals surface area contributed by atoms with E-state index in [1.54, 1.807) is 24.7 Å². The second-order valence-electron chi connectivity index (χ2n) is 8.08. The minimum Gasteiger partial charge on any atom is -0.432 e. The zero-order chi connectivity index (χ0) is 22.2. The van der Waals surface area contributed by atoms with Crippen molar-refractivity contribution in [1.29, 1.82) is 0 Å². The number of nitrogen functional groups attached to an aromatic ring is 1. The molecule has 2 atom stereocenters. The third-order valence-electron chi connectivity index (χ3n) is 4.96. The van der Waals surface area contributed by atoms with Crippen LogP contribution in [0.4, 0.5) is 10.6 Å². The molecule has 12 nitrogen and oxygen atoms in total. The molecule has 166 valence electrons. The first-order chi connectivity index (χ1) is 13.9. The molecule has 0 radical (unpaired) electrons. The summed E-state index contributed by atoms with van der Waals surface area (Å²) in [6.07, 6.45) is 1.65. The Morgan fingerprint density at radius 2 is 2.07 bits per heavy atom. The monoisotopic (exact) mass is 443 g/mol. The number of anilines is 1. The first-order valence-electron chi connectivity index (χ1n) is 9.30. The number of imidazole rings is 1. The van der Waals surface area contributed by atoms with Gasteiger partial charge in [-0.1, -0.05) is 13.8 Å². The second kappa shape index (κ2) is 8.10. The van der Waals surface area contributed by atoms with Crippen molar-refractivity contribution in [3.05, 3.63) is 12.7 Å². The van der Waals surface area contributed by atoms with Gasteiger partial charge < -0.3 is 29.4 Å². The van der Waals surface area contributed by atoms with Crippen molar-refractivity contribution < 1.29 is 33.0 Å². The smallest absolute Gasteiger partial charge is 0.432 e. The maximum Gasteiger partial charge on any atom is 0.510 e. The van der Waals surface area contributed by atoms with Crippen LogP contribution in [0.15, 0.2) is 12.7 Å². The molecule has 0 bridgehead atoms. The van der Waals surface area contributed by atoms with Gasteiger partial charge >= 0.3 is 13.8 Å². The molecule has 1 saturated carbocycles. The van der Waals surface area contributed by atoms with Crippen LogP contribution in [0.25, 0.3) is 11.2 Å². The highest BCUT2D eigenvalue weighted by atomic mass is 31.2. The molecule has 0 saturated heterocycles. The van der Waals surface area contributed by atoms with E-state index in [4.69, 9.17) is 19.7 Å². The van der Waals surface area contributed by atoms with Crippen LogP contribution in [0, 0.1) is 5.41 Å². The SMILES string of the molecule is CC(C)OC(=O)OCOP(=O)(O)COC1(Cn2cnc3c(N)ncnc32)CC1(C)C. The van der Waals surface area contributed by atoms with Crippen molar-refractivity contribution in [2.75, 3.05) is 18.9 Å². The predicted molar refractivity (Wildman–Crippen MR) is 105 cm³/mol. The summed E-state index contributed by atoms with van der Waals surface area (Å²) < 4.78 is 34.1. The largest absolute Gasteiger partial charge is 0.510 e. The lowest BCUT2D eigenvalue weighted by molar-refractivity contribution is -0.0213. The van der Waals surface area contributed by atoms with Gasteiger partial charge in [0.2, 0.25) is 6.79 Å². The molecule has 2 aromatic rings. The minimum atomic E-state index is -4.17. The van der Waals surface area contributed by atoms with Crippen LogP contribution in [-0.2, 0) is 29.8 Å². The van der Waals surface area contributed by atoms with E-state index < -0.39 is 32.5 Å². The van der Waals surface area contributed by atoms with E-state index in [0.29, 0.717) is 24.1 Å². The topological polar surface area (TPSA) is 161 Å². The number of aromatic nitrogens is 4. The van der Waals surface area contributed by atoms with Gasteiger partial charge in [-0.15, -0.1) is 0 Å². The first kappa shape index (κ1) is 22.4. The molecule has 0 aromatic carbocycles. The van der Waals surface area contributed by atoms with Gasteiger partial charge in [0.1, 0.15) is 18.2 Å². The Labute approximate surface area is 173 Å². The minimum absolute atomic E-state index is 0.250. The van der Waals surface area contributed by atoms with Crippen molar-refractivity contribution in [1.82, 2.24) is 19.5 Å². The first-order valence-corrected chi connectivity index (χ1v) is 11.1. The van der Waals surface area contributed by atoms with Crippen LogP contribution in [0.3, 0.4) is 0 Å². The molecular formula is C17H26N5O7P. The molecule has 0 amide bonds. The van der Waals surface area contributed by atoms with E-state index in [1.165, 1.54) is 6.33 Å². The van der Waals surface area contributed by atoms with Crippen LogP contribution in [0.5, 0.6) is 0 Å². The molecule has 1 aliphatic carbocycles. The van der Waals surface area contributed by atoms with Gasteiger partial charge in [0.15, 0.2) is 11.5 Å². The Hall–Kier alpha value is -2.27. The van der Waals surface area contributed by atoms with E-state index in [0.717, 1.165) is 0 Å². The molecule has 1 fully saturated rings. The van der Waals surface area contributed by atoms with E-state index in [9.17, 15) is 14.3 Å². The van der Waals surface area contributed by atoms with Gasteiger partial charge in [-0.25, -0.2) is 19.7 Å². The van der Waals surface area contributed by atoms with Crippen LogP contribution in [-0.4, -0.2) is 55.4 Å². The Morgan fingerprint density at radius 1 is 1.37 bits per heavy atom. The van der Waals surface area contributed by atoms with Gasteiger partial charge in [-0.3, -0.25) is 9.09 Å². The van der Waals surface area contributed by atoms with Crippen LogP contribution in [0.2, 0.25) is 0 Å². The quantitative estimate of drug-likeness (QED) is 0.332. The lowest BCUT2D eigenvalue weighted by Crippen LogP contribution is -2.28. The molecule has 1 aliphatic rings. The van der Waals surface area contributed by atoms with E-state index in [-0.39, 0.29) is 17.3 Å². The summed E-state index contributed by atoms with van der Waals surface area (Å²) >= 11 is 0. The number of nitrogens with zero attached hydrogens (tertiary/aromatic N) is 4. The number of hydrogen-bond donors (Lipinski definition) is 2. The molecule has 0 spiro atoms. The normalized spacial score (nSPS) is 22.1. The number of hydrogen-bond acceptors (Lipinski definition) is 10. The molecule has 0 aliphatic heterocycles. The van der Waals surface area contributed by atoms with E-state index in [2.05, 4.69) is 19.7 Å².